The second-order valence-corrected chi connectivity index (χ2v) is 5.67. The van der Waals surface area contributed by atoms with E-state index in [9.17, 15) is 4.79 Å². The van der Waals surface area contributed by atoms with Crippen LogP contribution in [0.2, 0.25) is 0 Å². The van der Waals surface area contributed by atoms with Gasteiger partial charge < -0.3 is 15.0 Å². The van der Waals surface area contributed by atoms with Crippen LogP contribution in [-0.4, -0.2) is 34.3 Å². The number of ether oxygens (including phenoxy) is 1. The van der Waals surface area contributed by atoms with E-state index in [1.165, 1.54) is 11.8 Å². The van der Waals surface area contributed by atoms with E-state index < -0.39 is 0 Å². The van der Waals surface area contributed by atoms with Gasteiger partial charge in [-0.1, -0.05) is 17.7 Å². The van der Waals surface area contributed by atoms with Gasteiger partial charge in [0.2, 0.25) is 5.91 Å². The van der Waals surface area contributed by atoms with Crippen LogP contribution in [-0.2, 0) is 4.79 Å². The molecule has 1 atom stereocenters. The predicted octanol–water partition coefficient (Wildman–Crippen LogP) is 2.19. The van der Waals surface area contributed by atoms with Crippen molar-refractivity contribution < 1.29 is 9.53 Å². The zero-order valence-electron chi connectivity index (χ0n) is 12.0. The van der Waals surface area contributed by atoms with Crippen molar-refractivity contribution in [2.75, 3.05) is 13.2 Å². The molecule has 0 aliphatic heterocycles. The highest BCUT2D eigenvalue weighted by atomic mass is 32.2. The average molecular weight is 303 g/mol. The summed E-state index contributed by atoms with van der Waals surface area (Å²) < 4.78 is 5.45. The summed E-state index contributed by atoms with van der Waals surface area (Å²) in [5, 5.41) is 3.08. The number of hydrogen-bond donors (Lipinski definition) is 2. The van der Waals surface area contributed by atoms with Crippen molar-refractivity contribution in [3.05, 3.63) is 18.2 Å². The Bertz CT molecular complexity index is 675. The van der Waals surface area contributed by atoms with Gasteiger partial charge in [-0.3, -0.25) is 4.79 Å². The second-order valence-electron chi connectivity index (χ2n) is 4.34. The molecule has 2 aromatic rings. The monoisotopic (exact) mass is 303 g/mol. The lowest BCUT2D eigenvalue weighted by Gasteiger charge is -2.07. The Labute approximate surface area is 127 Å². The Morgan fingerprint density at radius 3 is 3.14 bits per heavy atom. The third-order valence-electron chi connectivity index (χ3n) is 2.76. The van der Waals surface area contributed by atoms with E-state index in [2.05, 4.69) is 21.2 Å². The van der Waals surface area contributed by atoms with E-state index in [-0.39, 0.29) is 17.7 Å². The first-order valence-corrected chi connectivity index (χ1v) is 7.52. The quantitative estimate of drug-likeness (QED) is 0.634. The van der Waals surface area contributed by atoms with Gasteiger partial charge in [0.25, 0.3) is 0 Å². The summed E-state index contributed by atoms with van der Waals surface area (Å²) >= 11 is 1.36. The number of aromatic nitrogens is 2. The van der Waals surface area contributed by atoms with E-state index in [0.29, 0.717) is 11.8 Å². The van der Waals surface area contributed by atoms with Crippen molar-refractivity contribution in [3.8, 4) is 18.1 Å². The Hall–Kier alpha value is -2.13. The molecule has 0 aliphatic carbocycles. The smallest absolute Gasteiger partial charge is 0.234 e. The van der Waals surface area contributed by atoms with Crippen LogP contribution in [0, 0.1) is 12.3 Å². The number of H-pyrrole nitrogens is 1. The normalized spacial score (nSPS) is 11.9. The van der Waals surface area contributed by atoms with E-state index in [4.69, 9.17) is 11.2 Å². The lowest BCUT2D eigenvalue weighted by molar-refractivity contribution is -0.120. The minimum Gasteiger partial charge on any atom is -0.494 e. The fourth-order valence-electron chi connectivity index (χ4n) is 1.78. The molecule has 21 heavy (non-hydrogen) atoms. The molecule has 110 valence electrons. The number of aromatic amines is 1. The van der Waals surface area contributed by atoms with Crippen molar-refractivity contribution in [1.82, 2.24) is 15.3 Å². The van der Waals surface area contributed by atoms with Crippen molar-refractivity contribution >= 4 is 28.7 Å². The first-order valence-electron chi connectivity index (χ1n) is 6.64. The van der Waals surface area contributed by atoms with Gasteiger partial charge in [-0.25, -0.2) is 4.98 Å². The number of terminal acetylenes is 1. The molecule has 1 aromatic carbocycles. The molecule has 1 amide bonds. The number of amides is 1. The number of benzene rings is 1. The SMILES string of the molecule is C#CCNC(=O)C(C)Sc1nc2ccc(OCC)cc2[nH]1. The van der Waals surface area contributed by atoms with Crippen LogP contribution >= 0.6 is 11.8 Å². The Balaban J connectivity index is 2.08. The molecule has 0 radical (unpaired) electrons. The Morgan fingerprint density at radius 1 is 1.62 bits per heavy atom. The summed E-state index contributed by atoms with van der Waals surface area (Å²) in [6.07, 6.45) is 5.12. The number of thioether (sulfide) groups is 1. The Morgan fingerprint density at radius 2 is 2.43 bits per heavy atom. The molecule has 1 heterocycles. The van der Waals surface area contributed by atoms with Gasteiger partial charge in [-0.15, -0.1) is 6.42 Å². The summed E-state index contributed by atoms with van der Waals surface area (Å²) in [5.41, 5.74) is 1.73. The standard InChI is InChI=1S/C15H17N3O2S/c1-4-8-16-14(19)10(3)21-15-17-12-7-6-11(20-5-2)9-13(12)18-15/h1,6-7,9-10H,5,8H2,2-3H3,(H,16,19)(H,17,18). The maximum Gasteiger partial charge on any atom is 0.234 e. The van der Waals surface area contributed by atoms with E-state index in [1.807, 2.05) is 32.0 Å². The molecule has 6 heteroatoms. The highest BCUT2D eigenvalue weighted by Gasteiger charge is 2.16. The van der Waals surface area contributed by atoms with Gasteiger partial charge in [0.1, 0.15) is 5.75 Å². The van der Waals surface area contributed by atoms with Crippen molar-refractivity contribution in [1.29, 1.82) is 0 Å². The molecule has 0 saturated heterocycles. The third-order valence-corrected chi connectivity index (χ3v) is 3.75. The van der Waals surface area contributed by atoms with Crippen LogP contribution in [0.3, 0.4) is 0 Å². The molecule has 0 spiro atoms. The molecule has 1 aromatic heterocycles. The number of hydrogen-bond acceptors (Lipinski definition) is 4. The molecular formula is C15H17N3O2S. The zero-order valence-corrected chi connectivity index (χ0v) is 12.8. The van der Waals surface area contributed by atoms with Crippen LogP contribution in [0.1, 0.15) is 13.8 Å². The third kappa shape index (κ3) is 3.92. The van der Waals surface area contributed by atoms with Crippen LogP contribution in [0.4, 0.5) is 0 Å². The summed E-state index contributed by atoms with van der Waals surface area (Å²) in [6, 6.07) is 5.67. The zero-order chi connectivity index (χ0) is 15.2. The molecule has 0 aliphatic rings. The van der Waals surface area contributed by atoms with Crippen molar-refractivity contribution in [3.63, 3.8) is 0 Å². The first-order chi connectivity index (χ1) is 10.1. The molecule has 1 unspecified atom stereocenters. The number of nitrogens with zero attached hydrogens (tertiary/aromatic N) is 1. The fourth-order valence-corrected chi connectivity index (χ4v) is 2.63. The van der Waals surface area contributed by atoms with Gasteiger partial charge >= 0.3 is 0 Å². The molecular weight excluding hydrogens is 286 g/mol. The predicted molar refractivity (Wildman–Crippen MR) is 84.4 cm³/mol. The molecule has 0 bridgehead atoms. The summed E-state index contributed by atoms with van der Waals surface area (Å²) in [4.78, 5) is 19.4. The van der Waals surface area contributed by atoms with Crippen LogP contribution < -0.4 is 10.1 Å². The second kappa shape index (κ2) is 7.04. The van der Waals surface area contributed by atoms with Crippen LogP contribution in [0.25, 0.3) is 11.0 Å². The first kappa shape index (κ1) is 15.3. The Kier molecular flexibility index (Phi) is 5.12. The van der Waals surface area contributed by atoms with Crippen LogP contribution in [0.5, 0.6) is 5.75 Å². The molecule has 2 rings (SSSR count). The van der Waals surface area contributed by atoms with Gasteiger partial charge in [-0.05, 0) is 26.0 Å². The summed E-state index contributed by atoms with van der Waals surface area (Å²) in [7, 11) is 0. The van der Waals surface area contributed by atoms with E-state index in [1.54, 1.807) is 0 Å². The summed E-state index contributed by atoms with van der Waals surface area (Å²) in [5.74, 6) is 3.07. The highest BCUT2D eigenvalue weighted by Crippen LogP contribution is 2.25. The molecule has 0 saturated carbocycles. The molecule has 2 N–H and O–H groups in total. The average Bonchev–Trinajstić information content (AvgIpc) is 2.86. The van der Waals surface area contributed by atoms with E-state index in [0.717, 1.165) is 16.8 Å². The van der Waals surface area contributed by atoms with Gasteiger partial charge in [-0.2, -0.15) is 0 Å². The number of nitrogens with one attached hydrogen (secondary N) is 2. The number of carbonyl (C=O) groups excluding carboxylic acids is 1. The number of rotatable bonds is 6. The highest BCUT2D eigenvalue weighted by molar-refractivity contribution is 8.00. The van der Waals surface area contributed by atoms with Gasteiger partial charge in [0.05, 0.1) is 29.4 Å². The van der Waals surface area contributed by atoms with E-state index >= 15 is 0 Å². The minimum atomic E-state index is -0.273. The molecule has 5 nitrogen and oxygen atoms in total. The van der Waals surface area contributed by atoms with Crippen molar-refractivity contribution in [2.45, 2.75) is 24.3 Å². The topological polar surface area (TPSA) is 67.0 Å². The maximum absolute atomic E-state index is 11.8. The van der Waals surface area contributed by atoms with Gasteiger partial charge in [0, 0.05) is 6.07 Å². The lowest BCUT2D eigenvalue weighted by Crippen LogP contribution is -2.31. The largest absolute Gasteiger partial charge is 0.494 e. The summed E-state index contributed by atoms with van der Waals surface area (Å²) in [6.45, 7) is 4.61. The minimum absolute atomic E-state index is 0.103. The number of imidazole rings is 1. The van der Waals surface area contributed by atoms with Crippen LogP contribution in [0.15, 0.2) is 23.4 Å². The molecule has 0 fully saturated rings. The maximum atomic E-state index is 11.8. The van der Waals surface area contributed by atoms with Gasteiger partial charge in [0.15, 0.2) is 5.16 Å². The number of fused-ring (bicyclic) bond motifs is 1. The number of carbonyl (C=O) groups is 1. The lowest BCUT2D eigenvalue weighted by atomic mass is 10.3. The van der Waals surface area contributed by atoms with Crippen molar-refractivity contribution in [2.24, 2.45) is 0 Å². The fraction of sp³-hybridized carbons (Fsp3) is 0.333.